The van der Waals surface area contributed by atoms with Crippen LogP contribution in [0.5, 0.6) is 5.75 Å². The van der Waals surface area contributed by atoms with Crippen molar-refractivity contribution in [3.05, 3.63) is 60.2 Å². The number of ether oxygens (including phenoxy) is 2. The summed E-state index contributed by atoms with van der Waals surface area (Å²) in [5, 5.41) is 5.64. The van der Waals surface area contributed by atoms with E-state index in [1.54, 1.807) is 17.0 Å². The predicted octanol–water partition coefficient (Wildman–Crippen LogP) is 5.75. The average Bonchev–Trinajstić information content (AvgIpc) is 2.74. The van der Waals surface area contributed by atoms with Gasteiger partial charge in [-0.1, -0.05) is 24.3 Å². The molecule has 0 saturated heterocycles. The lowest BCUT2D eigenvalue weighted by molar-refractivity contribution is 0.0270. The van der Waals surface area contributed by atoms with Crippen LogP contribution in [-0.2, 0) is 4.74 Å². The van der Waals surface area contributed by atoms with Crippen LogP contribution in [0.3, 0.4) is 0 Å². The van der Waals surface area contributed by atoms with Crippen LogP contribution in [0, 0.1) is 0 Å². The first-order chi connectivity index (χ1) is 15.2. The van der Waals surface area contributed by atoms with Crippen molar-refractivity contribution < 1.29 is 19.1 Å². The standard InChI is InChI=1S/C25H31N3O4/c1-5-31-22-8-6-7-21(17-22)27-23(29)26-20-11-9-18(10-12-20)19-13-15-28(16-14-19)24(30)32-25(2,3)4/h6-13,17H,5,14-16H2,1-4H3,(H2,26,27,29). The van der Waals surface area contributed by atoms with Gasteiger partial charge in [-0.2, -0.15) is 0 Å². The summed E-state index contributed by atoms with van der Waals surface area (Å²) in [7, 11) is 0. The average molecular weight is 438 g/mol. The molecule has 1 heterocycles. The second-order valence-corrected chi connectivity index (χ2v) is 8.52. The maximum absolute atomic E-state index is 12.3. The summed E-state index contributed by atoms with van der Waals surface area (Å²) >= 11 is 0. The van der Waals surface area contributed by atoms with Crippen LogP contribution in [0.1, 0.15) is 39.7 Å². The van der Waals surface area contributed by atoms with Crippen LogP contribution in [0.4, 0.5) is 21.0 Å². The number of amides is 3. The van der Waals surface area contributed by atoms with E-state index in [4.69, 9.17) is 9.47 Å². The summed E-state index contributed by atoms with van der Waals surface area (Å²) in [5.74, 6) is 0.709. The number of rotatable bonds is 5. The molecule has 170 valence electrons. The van der Waals surface area contributed by atoms with E-state index in [0.717, 1.165) is 12.0 Å². The van der Waals surface area contributed by atoms with Crippen molar-refractivity contribution in [2.75, 3.05) is 30.3 Å². The first-order valence-electron chi connectivity index (χ1n) is 10.8. The Morgan fingerprint density at radius 1 is 1.03 bits per heavy atom. The molecule has 0 unspecified atom stereocenters. The van der Waals surface area contributed by atoms with Crippen molar-refractivity contribution in [1.29, 1.82) is 0 Å². The zero-order chi connectivity index (χ0) is 23.1. The van der Waals surface area contributed by atoms with E-state index in [1.807, 2.05) is 70.2 Å². The largest absolute Gasteiger partial charge is 0.494 e. The van der Waals surface area contributed by atoms with Gasteiger partial charge in [-0.3, -0.25) is 0 Å². The monoisotopic (exact) mass is 437 g/mol. The third-order valence-electron chi connectivity index (χ3n) is 4.78. The highest BCUT2D eigenvalue weighted by Gasteiger charge is 2.23. The van der Waals surface area contributed by atoms with Crippen LogP contribution >= 0.6 is 0 Å². The molecule has 0 fully saturated rings. The van der Waals surface area contributed by atoms with Crippen molar-refractivity contribution in [3.63, 3.8) is 0 Å². The molecule has 1 aliphatic heterocycles. The van der Waals surface area contributed by atoms with Crippen LogP contribution in [0.2, 0.25) is 0 Å². The third kappa shape index (κ3) is 6.77. The Morgan fingerprint density at radius 3 is 2.38 bits per heavy atom. The molecule has 0 aliphatic carbocycles. The van der Waals surface area contributed by atoms with Crippen LogP contribution in [0.15, 0.2) is 54.6 Å². The number of nitrogens with zero attached hydrogens (tertiary/aromatic N) is 1. The van der Waals surface area contributed by atoms with Gasteiger partial charge in [-0.15, -0.1) is 0 Å². The Balaban J connectivity index is 1.54. The highest BCUT2D eigenvalue weighted by atomic mass is 16.6. The van der Waals surface area contributed by atoms with Gasteiger partial charge in [0.15, 0.2) is 0 Å². The topological polar surface area (TPSA) is 79.9 Å². The molecule has 3 amide bonds. The van der Waals surface area contributed by atoms with E-state index in [-0.39, 0.29) is 12.1 Å². The lowest BCUT2D eigenvalue weighted by Crippen LogP contribution is -2.39. The van der Waals surface area contributed by atoms with Crippen LogP contribution in [-0.4, -0.2) is 42.3 Å². The Hall–Kier alpha value is -3.48. The summed E-state index contributed by atoms with van der Waals surface area (Å²) in [6.45, 7) is 9.21. The fourth-order valence-corrected chi connectivity index (χ4v) is 3.32. The second-order valence-electron chi connectivity index (χ2n) is 8.52. The highest BCUT2D eigenvalue weighted by Crippen LogP contribution is 2.25. The van der Waals surface area contributed by atoms with E-state index in [0.29, 0.717) is 36.8 Å². The minimum absolute atomic E-state index is 0.287. The summed E-state index contributed by atoms with van der Waals surface area (Å²) < 4.78 is 10.9. The molecule has 0 spiro atoms. The summed E-state index contributed by atoms with van der Waals surface area (Å²) in [5.41, 5.74) is 3.10. The molecule has 7 heteroatoms. The SMILES string of the molecule is CCOc1cccc(NC(=O)Nc2ccc(C3=CCN(C(=O)OC(C)(C)C)CC3)cc2)c1. The van der Waals surface area contributed by atoms with Gasteiger partial charge in [0.1, 0.15) is 11.4 Å². The smallest absolute Gasteiger partial charge is 0.410 e. The number of carbonyl (C=O) groups excluding carboxylic acids is 2. The first kappa shape index (κ1) is 23.2. The number of benzene rings is 2. The van der Waals surface area contributed by atoms with E-state index in [2.05, 4.69) is 10.6 Å². The zero-order valence-corrected chi connectivity index (χ0v) is 19.1. The zero-order valence-electron chi connectivity index (χ0n) is 19.1. The lowest BCUT2D eigenvalue weighted by Gasteiger charge is -2.29. The Bertz CT molecular complexity index is 977. The fourth-order valence-electron chi connectivity index (χ4n) is 3.32. The number of hydrogen-bond acceptors (Lipinski definition) is 4. The number of nitrogens with one attached hydrogen (secondary N) is 2. The van der Waals surface area contributed by atoms with Crippen molar-refractivity contribution in [1.82, 2.24) is 4.90 Å². The van der Waals surface area contributed by atoms with Gasteiger partial charge in [0.25, 0.3) is 0 Å². The van der Waals surface area contributed by atoms with Crippen molar-refractivity contribution in [2.24, 2.45) is 0 Å². The molecule has 7 nitrogen and oxygen atoms in total. The summed E-state index contributed by atoms with van der Waals surface area (Å²) in [6.07, 6.45) is 2.52. The fraction of sp³-hybridized carbons (Fsp3) is 0.360. The Kier molecular flexibility index (Phi) is 7.41. The molecule has 32 heavy (non-hydrogen) atoms. The Labute approximate surface area is 189 Å². The van der Waals surface area contributed by atoms with Gasteiger partial charge in [0, 0.05) is 30.5 Å². The molecule has 0 saturated carbocycles. The molecule has 2 aromatic carbocycles. The van der Waals surface area contributed by atoms with E-state index in [9.17, 15) is 9.59 Å². The maximum Gasteiger partial charge on any atom is 0.410 e. The molecule has 1 aliphatic rings. The number of hydrogen-bond donors (Lipinski definition) is 2. The molecule has 0 aromatic heterocycles. The maximum atomic E-state index is 12.3. The molecule has 0 bridgehead atoms. The summed E-state index contributed by atoms with van der Waals surface area (Å²) in [6, 6.07) is 14.6. The highest BCUT2D eigenvalue weighted by molar-refractivity contribution is 5.99. The summed E-state index contributed by atoms with van der Waals surface area (Å²) in [4.78, 5) is 26.2. The molecule has 2 N–H and O–H groups in total. The van der Waals surface area contributed by atoms with Crippen molar-refractivity contribution in [2.45, 2.75) is 39.7 Å². The van der Waals surface area contributed by atoms with Gasteiger partial charge in [0.2, 0.25) is 0 Å². The van der Waals surface area contributed by atoms with Gasteiger partial charge in [-0.25, -0.2) is 9.59 Å². The van der Waals surface area contributed by atoms with Crippen LogP contribution < -0.4 is 15.4 Å². The van der Waals surface area contributed by atoms with E-state index < -0.39 is 5.60 Å². The molecular formula is C25H31N3O4. The normalized spacial score (nSPS) is 13.8. The molecule has 3 rings (SSSR count). The van der Waals surface area contributed by atoms with Gasteiger partial charge in [0.05, 0.1) is 6.61 Å². The Morgan fingerprint density at radius 2 is 1.75 bits per heavy atom. The van der Waals surface area contributed by atoms with Crippen molar-refractivity contribution >= 4 is 29.1 Å². The molecule has 0 radical (unpaired) electrons. The molecule has 0 atom stereocenters. The molecular weight excluding hydrogens is 406 g/mol. The van der Waals surface area contributed by atoms with Crippen LogP contribution in [0.25, 0.3) is 5.57 Å². The number of anilines is 2. The van der Waals surface area contributed by atoms with Gasteiger partial charge < -0.3 is 25.0 Å². The van der Waals surface area contributed by atoms with E-state index in [1.165, 1.54) is 5.57 Å². The number of urea groups is 1. The second kappa shape index (κ2) is 10.2. The predicted molar refractivity (Wildman–Crippen MR) is 127 cm³/mol. The minimum Gasteiger partial charge on any atom is -0.494 e. The number of carbonyl (C=O) groups is 2. The third-order valence-corrected chi connectivity index (χ3v) is 4.78. The molecule has 2 aromatic rings. The van der Waals surface area contributed by atoms with E-state index >= 15 is 0 Å². The van der Waals surface area contributed by atoms with Crippen molar-refractivity contribution in [3.8, 4) is 5.75 Å². The van der Waals surface area contributed by atoms with Gasteiger partial charge in [-0.05, 0) is 69.5 Å². The lowest BCUT2D eigenvalue weighted by atomic mass is 9.99. The van der Waals surface area contributed by atoms with Gasteiger partial charge >= 0.3 is 12.1 Å². The minimum atomic E-state index is -0.498. The quantitative estimate of drug-likeness (QED) is 0.624. The first-order valence-corrected chi connectivity index (χ1v) is 10.8.